The zero-order chi connectivity index (χ0) is 28.9. The van der Waals surface area contributed by atoms with Gasteiger partial charge in [0.1, 0.15) is 0 Å². The maximum absolute atomic E-state index is 15.0. The molecule has 6 aromatic carbocycles. The Labute approximate surface area is 259 Å². The quantitative estimate of drug-likeness (QED) is 0.194. The summed E-state index contributed by atoms with van der Waals surface area (Å²) in [6.07, 6.45) is 0. The van der Waals surface area contributed by atoms with Crippen LogP contribution in [0.4, 0.5) is 0 Å². The van der Waals surface area contributed by atoms with Crippen LogP contribution in [0, 0.1) is 0 Å². The minimum absolute atomic E-state index is 0.00210. The van der Waals surface area contributed by atoms with Gasteiger partial charge in [-0.1, -0.05) is 72.8 Å². The number of pyridine rings is 1. The average molecular weight is 599 g/mol. The van der Waals surface area contributed by atoms with E-state index in [1.165, 1.54) is 40.3 Å². The van der Waals surface area contributed by atoms with Crippen LogP contribution in [0.3, 0.4) is 0 Å². The van der Waals surface area contributed by atoms with Gasteiger partial charge >= 0.3 is 0 Å². The second-order valence-corrected chi connectivity index (χ2v) is 13.5. The van der Waals surface area contributed by atoms with E-state index < -0.39 is 0 Å². The number of benzene rings is 6. The smallest absolute Gasteiger partial charge is 0.265 e. The van der Waals surface area contributed by atoms with E-state index >= 15 is 4.79 Å². The highest BCUT2D eigenvalue weighted by molar-refractivity contribution is 7.26. The minimum atomic E-state index is -0.00210. The SMILES string of the molecule is O=c1c2c3cc4sc5ccccc5c4cc3n(-c3ccccc3)c2c2cc3sc4ccccc4c3cc2n1-c1ccccc1. The molecule has 0 fully saturated rings. The first-order valence-electron chi connectivity index (χ1n) is 14.6. The number of aromatic nitrogens is 2. The van der Waals surface area contributed by atoms with Crippen molar-refractivity contribution in [2.24, 2.45) is 0 Å². The van der Waals surface area contributed by atoms with Crippen molar-refractivity contribution < 1.29 is 0 Å². The number of thiophene rings is 2. The van der Waals surface area contributed by atoms with Crippen molar-refractivity contribution in [1.29, 1.82) is 0 Å². The maximum atomic E-state index is 15.0. The molecular formula is C39H22N2OS2. The molecule has 0 amide bonds. The van der Waals surface area contributed by atoms with Gasteiger partial charge in [0, 0.05) is 62.5 Å². The highest BCUT2D eigenvalue weighted by Gasteiger charge is 2.23. The van der Waals surface area contributed by atoms with Crippen LogP contribution in [0.1, 0.15) is 0 Å². The Bertz CT molecular complexity index is 2840. The number of rotatable bonds is 2. The Morgan fingerprint density at radius 2 is 0.886 bits per heavy atom. The van der Waals surface area contributed by atoms with E-state index in [4.69, 9.17) is 0 Å². The third-order valence-electron chi connectivity index (χ3n) is 8.90. The Morgan fingerprint density at radius 1 is 0.409 bits per heavy atom. The second-order valence-electron chi connectivity index (χ2n) is 11.3. The molecule has 0 saturated carbocycles. The molecule has 3 nitrogen and oxygen atoms in total. The molecule has 0 atom stereocenters. The molecule has 5 heteroatoms. The molecule has 0 unspecified atom stereocenters. The molecule has 0 aliphatic rings. The molecule has 10 aromatic rings. The number of fused-ring (bicyclic) bond motifs is 11. The molecule has 0 aliphatic heterocycles. The summed E-state index contributed by atoms with van der Waals surface area (Å²) in [6, 6.07) is 46.8. The first kappa shape index (κ1) is 24.2. The first-order chi connectivity index (χ1) is 21.7. The molecule has 44 heavy (non-hydrogen) atoms. The van der Waals surface area contributed by atoms with Crippen molar-refractivity contribution in [2.75, 3.05) is 0 Å². The minimum Gasteiger partial charge on any atom is -0.308 e. The second kappa shape index (κ2) is 8.89. The number of para-hydroxylation sites is 2. The molecule has 0 radical (unpaired) electrons. The van der Waals surface area contributed by atoms with Gasteiger partial charge in [-0.3, -0.25) is 9.36 Å². The monoisotopic (exact) mass is 598 g/mol. The van der Waals surface area contributed by atoms with Crippen LogP contribution in [0.15, 0.2) is 138 Å². The zero-order valence-corrected chi connectivity index (χ0v) is 25.0. The van der Waals surface area contributed by atoms with Crippen molar-refractivity contribution in [2.45, 2.75) is 0 Å². The number of hydrogen-bond donors (Lipinski definition) is 0. The van der Waals surface area contributed by atoms with E-state index in [2.05, 4.69) is 102 Å². The average Bonchev–Trinajstić information content (AvgIpc) is 3.73. The van der Waals surface area contributed by atoms with Gasteiger partial charge in [0.25, 0.3) is 5.56 Å². The van der Waals surface area contributed by atoms with Crippen LogP contribution in [0.25, 0.3) is 84.4 Å². The summed E-state index contributed by atoms with van der Waals surface area (Å²) >= 11 is 3.60. The van der Waals surface area contributed by atoms with Crippen LogP contribution in [0.5, 0.6) is 0 Å². The van der Waals surface area contributed by atoms with Crippen LogP contribution >= 0.6 is 22.7 Å². The summed E-state index contributed by atoms with van der Waals surface area (Å²) in [5.74, 6) is 0. The fourth-order valence-corrected chi connectivity index (χ4v) is 9.27. The predicted molar refractivity (Wildman–Crippen MR) is 190 cm³/mol. The summed E-state index contributed by atoms with van der Waals surface area (Å²) in [6.45, 7) is 0. The van der Waals surface area contributed by atoms with Gasteiger partial charge < -0.3 is 4.57 Å². The highest BCUT2D eigenvalue weighted by atomic mass is 32.1. The molecule has 0 bridgehead atoms. The highest BCUT2D eigenvalue weighted by Crippen LogP contribution is 2.43. The topological polar surface area (TPSA) is 26.9 Å². The molecule has 4 aromatic heterocycles. The molecule has 0 spiro atoms. The van der Waals surface area contributed by atoms with Gasteiger partial charge in [-0.2, -0.15) is 0 Å². The van der Waals surface area contributed by atoms with E-state index in [0.717, 1.165) is 44.1 Å². The lowest BCUT2D eigenvalue weighted by molar-refractivity contribution is 1.06. The van der Waals surface area contributed by atoms with Gasteiger partial charge in [0.05, 0.1) is 21.9 Å². The fraction of sp³-hybridized carbons (Fsp3) is 0. The number of nitrogens with zero attached hydrogens (tertiary/aromatic N) is 2. The first-order valence-corrected chi connectivity index (χ1v) is 16.3. The lowest BCUT2D eigenvalue weighted by atomic mass is 10.1. The van der Waals surface area contributed by atoms with Crippen molar-refractivity contribution in [3.63, 3.8) is 0 Å². The molecular weight excluding hydrogens is 577 g/mol. The van der Waals surface area contributed by atoms with Crippen LogP contribution in [0.2, 0.25) is 0 Å². The van der Waals surface area contributed by atoms with E-state index in [1.54, 1.807) is 11.3 Å². The summed E-state index contributed by atoms with van der Waals surface area (Å²) in [4.78, 5) is 15.0. The molecule has 4 heterocycles. The Kier molecular flexibility index (Phi) is 4.90. The summed E-state index contributed by atoms with van der Waals surface area (Å²) in [5.41, 5.74) is 4.82. The molecule has 0 N–H and O–H groups in total. The van der Waals surface area contributed by atoms with E-state index in [9.17, 15) is 0 Å². The zero-order valence-electron chi connectivity index (χ0n) is 23.3. The van der Waals surface area contributed by atoms with Gasteiger partial charge in [0.15, 0.2) is 0 Å². The standard InChI is InChI=1S/C39H22N2OS2/c42-39-37-29-21-35-27(25-15-7-9-17-33(25)43-35)19-31(29)40(23-11-3-1-4-12-23)38(37)30-22-36-28(26-16-8-10-18-34(26)44-36)20-32(30)41(39)24-13-5-2-6-14-24/h1-22H. The van der Waals surface area contributed by atoms with Gasteiger partial charge in [0.2, 0.25) is 0 Å². The van der Waals surface area contributed by atoms with Gasteiger partial charge in [-0.15, -0.1) is 22.7 Å². The third kappa shape index (κ3) is 3.23. The Balaban J connectivity index is 1.50. The van der Waals surface area contributed by atoms with Crippen molar-refractivity contribution in [1.82, 2.24) is 9.13 Å². The van der Waals surface area contributed by atoms with E-state index in [1.807, 2.05) is 52.3 Å². The van der Waals surface area contributed by atoms with Gasteiger partial charge in [-0.05, 0) is 60.7 Å². The largest absolute Gasteiger partial charge is 0.308 e. The summed E-state index contributed by atoms with van der Waals surface area (Å²) < 4.78 is 9.15. The van der Waals surface area contributed by atoms with Crippen LogP contribution in [-0.2, 0) is 0 Å². The van der Waals surface area contributed by atoms with Crippen molar-refractivity contribution in [3.8, 4) is 11.4 Å². The molecule has 0 saturated heterocycles. The normalized spacial score (nSPS) is 12.2. The third-order valence-corrected chi connectivity index (χ3v) is 11.2. The van der Waals surface area contributed by atoms with E-state index in [-0.39, 0.29) is 5.56 Å². The fourth-order valence-electron chi connectivity index (χ4n) is 7.01. The number of hydrogen-bond acceptors (Lipinski definition) is 3. The summed E-state index contributed by atoms with van der Waals surface area (Å²) in [7, 11) is 0. The predicted octanol–water partition coefficient (Wildman–Crippen LogP) is 10.8. The molecule has 206 valence electrons. The van der Waals surface area contributed by atoms with Crippen molar-refractivity contribution >= 4 is 95.7 Å². The summed E-state index contributed by atoms with van der Waals surface area (Å²) in [5, 5.41) is 7.66. The maximum Gasteiger partial charge on any atom is 0.265 e. The Hall–Kier alpha value is -5.23. The van der Waals surface area contributed by atoms with Crippen LogP contribution < -0.4 is 5.56 Å². The lowest BCUT2D eigenvalue weighted by Crippen LogP contribution is -2.19. The Morgan fingerprint density at radius 3 is 1.48 bits per heavy atom. The van der Waals surface area contributed by atoms with Crippen LogP contribution in [-0.4, -0.2) is 9.13 Å². The molecule has 10 rings (SSSR count). The molecule has 0 aliphatic carbocycles. The lowest BCUT2D eigenvalue weighted by Gasteiger charge is -2.15. The van der Waals surface area contributed by atoms with Crippen molar-refractivity contribution in [3.05, 3.63) is 144 Å². The van der Waals surface area contributed by atoms with Gasteiger partial charge in [-0.25, -0.2) is 0 Å². The van der Waals surface area contributed by atoms with E-state index in [0.29, 0.717) is 0 Å².